The first kappa shape index (κ1) is 42.8. The third-order valence-electron chi connectivity index (χ3n) is 7.21. The zero-order valence-electron chi connectivity index (χ0n) is 31.9. The molecule has 0 aliphatic carbocycles. The molecule has 5 N–H and O–H groups in total. The van der Waals surface area contributed by atoms with Crippen LogP contribution in [0.2, 0.25) is 0 Å². The van der Waals surface area contributed by atoms with Gasteiger partial charge in [-0.25, -0.2) is 14.4 Å². The molecule has 0 spiro atoms. The lowest BCUT2D eigenvalue weighted by molar-refractivity contribution is -0.159. The van der Waals surface area contributed by atoms with Crippen molar-refractivity contribution in [2.75, 3.05) is 13.7 Å². The van der Waals surface area contributed by atoms with Gasteiger partial charge in [-0.1, -0.05) is 36.4 Å². The maximum atomic E-state index is 13.2. The number of hydrogen-bond acceptors (Lipinski definition) is 10. The first-order valence-electron chi connectivity index (χ1n) is 17.4. The van der Waals surface area contributed by atoms with Crippen LogP contribution in [0.1, 0.15) is 100.0 Å². The molecule has 0 aliphatic heterocycles. The molecule has 2 rings (SSSR count). The molecule has 0 bridgehead atoms. The Morgan fingerprint density at radius 3 is 1.82 bits per heavy atom. The molecule has 0 fully saturated rings. The molecule has 3 atom stereocenters. The van der Waals surface area contributed by atoms with Crippen LogP contribution in [0.4, 0.5) is 4.79 Å². The fraction of sp³-hybridized carbons (Fsp3) is 0.605. The Bertz CT molecular complexity index is 1510. The number of nitrogens with two attached hydrogens (primary N) is 1. The number of amides is 3. The van der Waals surface area contributed by atoms with Crippen LogP contribution < -0.4 is 26.4 Å². The number of ether oxygens (including phenoxy) is 4. The summed E-state index contributed by atoms with van der Waals surface area (Å²) in [6, 6.07) is 7.81. The van der Waals surface area contributed by atoms with E-state index < -0.39 is 58.9 Å². The molecule has 0 saturated heterocycles. The van der Waals surface area contributed by atoms with E-state index in [0.717, 1.165) is 16.3 Å². The van der Waals surface area contributed by atoms with Crippen LogP contribution in [0.15, 0.2) is 36.4 Å². The number of unbranched alkanes of at least 4 members (excludes halogenated alkanes) is 1. The summed E-state index contributed by atoms with van der Waals surface area (Å²) in [4.78, 5) is 64.4. The van der Waals surface area contributed by atoms with Gasteiger partial charge in [0, 0.05) is 24.8 Å². The summed E-state index contributed by atoms with van der Waals surface area (Å²) in [6.45, 7) is 15.7. The zero-order valence-corrected chi connectivity index (χ0v) is 31.9. The number of esters is 3. The van der Waals surface area contributed by atoms with Gasteiger partial charge in [-0.2, -0.15) is 0 Å². The van der Waals surface area contributed by atoms with Gasteiger partial charge in [0.2, 0.25) is 5.91 Å². The van der Waals surface area contributed by atoms with E-state index in [2.05, 4.69) is 16.0 Å². The topological polar surface area (TPSA) is 184 Å². The minimum atomic E-state index is -1.19. The average molecular weight is 715 g/mol. The van der Waals surface area contributed by atoms with Crippen LogP contribution >= 0.6 is 0 Å². The van der Waals surface area contributed by atoms with Crippen LogP contribution in [-0.2, 0) is 39.8 Å². The van der Waals surface area contributed by atoms with Crippen molar-refractivity contribution in [3.63, 3.8) is 0 Å². The van der Waals surface area contributed by atoms with E-state index in [9.17, 15) is 24.0 Å². The summed E-state index contributed by atoms with van der Waals surface area (Å²) in [6.07, 6.45) is 1.16. The summed E-state index contributed by atoms with van der Waals surface area (Å²) in [5.74, 6) is -1.57. The third kappa shape index (κ3) is 16.0. The number of methoxy groups -OCH3 is 1. The summed E-state index contributed by atoms with van der Waals surface area (Å²) in [5.41, 5.74) is 4.69. The van der Waals surface area contributed by atoms with Gasteiger partial charge in [-0.3, -0.25) is 9.59 Å². The second-order valence-electron chi connectivity index (χ2n) is 15.5. The largest absolute Gasteiger partial charge is 0.496 e. The van der Waals surface area contributed by atoms with E-state index in [0.29, 0.717) is 25.1 Å². The van der Waals surface area contributed by atoms with Crippen LogP contribution in [-0.4, -0.2) is 78.4 Å². The molecule has 0 unspecified atom stereocenters. The Morgan fingerprint density at radius 1 is 0.725 bits per heavy atom. The Hall–Kier alpha value is -4.39. The summed E-state index contributed by atoms with van der Waals surface area (Å²) in [7, 11) is 1.59. The van der Waals surface area contributed by atoms with Crippen LogP contribution in [0.5, 0.6) is 5.75 Å². The van der Waals surface area contributed by atoms with Gasteiger partial charge in [-0.15, -0.1) is 0 Å². The van der Waals surface area contributed by atoms with Crippen molar-refractivity contribution in [1.82, 2.24) is 16.0 Å². The summed E-state index contributed by atoms with van der Waals surface area (Å²) >= 11 is 0. The first-order valence-corrected chi connectivity index (χ1v) is 17.4. The Labute approximate surface area is 302 Å². The highest BCUT2D eigenvalue weighted by atomic mass is 16.6. The van der Waals surface area contributed by atoms with Crippen molar-refractivity contribution >= 4 is 40.6 Å². The summed E-state index contributed by atoms with van der Waals surface area (Å²) in [5, 5.41) is 9.97. The molecule has 2 aromatic carbocycles. The lowest BCUT2D eigenvalue weighted by Gasteiger charge is -2.27. The predicted octanol–water partition coefficient (Wildman–Crippen LogP) is 4.85. The maximum absolute atomic E-state index is 13.2. The van der Waals surface area contributed by atoms with Gasteiger partial charge in [0.15, 0.2) is 0 Å². The van der Waals surface area contributed by atoms with Gasteiger partial charge in [0.05, 0.1) is 13.2 Å². The number of carbonyl (C=O) groups excluding carboxylic acids is 5. The SMILES string of the molecule is COc1c(C[C@@H](N)C(=O)NCCCC[C@H](NC(=O)N[C@@H](CCC(=O)OC(C)(C)C)C(=O)OC(C)(C)C)C(=O)OC(C)(C)C)ccc2ccccc12. The van der Waals surface area contributed by atoms with E-state index in [1.807, 2.05) is 36.4 Å². The van der Waals surface area contributed by atoms with E-state index >= 15 is 0 Å². The third-order valence-corrected chi connectivity index (χ3v) is 7.21. The molecule has 284 valence electrons. The minimum absolute atomic E-state index is 0.0795. The smallest absolute Gasteiger partial charge is 0.329 e. The maximum Gasteiger partial charge on any atom is 0.329 e. The molecule has 0 aliphatic rings. The van der Waals surface area contributed by atoms with Crippen LogP contribution in [0.25, 0.3) is 10.8 Å². The number of fused-ring (bicyclic) bond motifs is 1. The van der Waals surface area contributed by atoms with Crippen molar-refractivity contribution in [3.05, 3.63) is 42.0 Å². The Morgan fingerprint density at radius 2 is 1.27 bits per heavy atom. The number of benzene rings is 2. The number of nitrogens with one attached hydrogen (secondary N) is 3. The highest BCUT2D eigenvalue weighted by molar-refractivity contribution is 5.90. The molecule has 3 amide bonds. The van der Waals surface area contributed by atoms with Crippen molar-refractivity contribution in [1.29, 1.82) is 0 Å². The standard InChI is InChI=1S/C38H58N4O9/c1-36(2,3)49-30(43)21-20-29(34(46)51-38(7,8)9)42-35(47)41-28(33(45)50-37(4,5)6)17-13-14-22-40-32(44)27(39)23-25-19-18-24-15-11-12-16-26(24)31(25)48-10/h11-12,15-16,18-19,27-29H,13-14,17,20-23,39H2,1-10H3,(H,40,44)(H2,41,42,47)/t27-,28+,29+/m1/s1. The van der Waals surface area contributed by atoms with Crippen LogP contribution in [0, 0.1) is 0 Å². The molecule has 13 heteroatoms. The van der Waals surface area contributed by atoms with E-state index in [4.69, 9.17) is 24.7 Å². The molecule has 0 saturated carbocycles. The van der Waals surface area contributed by atoms with Crippen LogP contribution in [0.3, 0.4) is 0 Å². The second kappa shape index (κ2) is 18.7. The Kier molecular flexibility index (Phi) is 15.7. The first-order chi connectivity index (χ1) is 23.6. The number of urea groups is 1. The number of hydrogen-bond donors (Lipinski definition) is 4. The van der Waals surface area contributed by atoms with Gasteiger partial charge in [-0.05, 0) is 98.9 Å². The minimum Gasteiger partial charge on any atom is -0.496 e. The molecular formula is C38H58N4O9. The highest BCUT2D eigenvalue weighted by Crippen LogP contribution is 2.30. The van der Waals surface area contributed by atoms with Gasteiger partial charge < -0.3 is 40.6 Å². The quantitative estimate of drug-likeness (QED) is 0.107. The van der Waals surface area contributed by atoms with Crippen molar-refractivity contribution < 1.29 is 42.9 Å². The van der Waals surface area contributed by atoms with E-state index in [1.54, 1.807) is 69.4 Å². The predicted molar refractivity (Wildman–Crippen MR) is 195 cm³/mol. The zero-order chi connectivity index (χ0) is 38.6. The normalized spacial score (nSPS) is 13.7. The van der Waals surface area contributed by atoms with Crippen molar-refractivity contribution in [2.24, 2.45) is 5.73 Å². The molecule has 2 aromatic rings. The van der Waals surface area contributed by atoms with Gasteiger partial charge in [0.25, 0.3) is 0 Å². The average Bonchev–Trinajstić information content (AvgIpc) is 2.99. The molecule has 0 aromatic heterocycles. The van der Waals surface area contributed by atoms with E-state index in [-0.39, 0.29) is 31.6 Å². The lowest BCUT2D eigenvalue weighted by atomic mass is 10.00. The van der Waals surface area contributed by atoms with E-state index in [1.165, 1.54) is 0 Å². The number of carbonyl (C=O) groups is 5. The Balaban J connectivity index is 2.00. The van der Waals surface area contributed by atoms with Gasteiger partial charge in [0.1, 0.15) is 34.6 Å². The molecule has 0 radical (unpaired) electrons. The fourth-order valence-corrected chi connectivity index (χ4v) is 5.09. The highest BCUT2D eigenvalue weighted by Gasteiger charge is 2.31. The molecule has 13 nitrogen and oxygen atoms in total. The second-order valence-corrected chi connectivity index (χ2v) is 15.5. The lowest BCUT2D eigenvalue weighted by Crippen LogP contribution is -2.53. The van der Waals surface area contributed by atoms with Crippen molar-refractivity contribution in [3.8, 4) is 5.75 Å². The van der Waals surface area contributed by atoms with Gasteiger partial charge >= 0.3 is 23.9 Å². The summed E-state index contributed by atoms with van der Waals surface area (Å²) < 4.78 is 22.0. The molecular weight excluding hydrogens is 656 g/mol. The number of rotatable bonds is 16. The molecule has 51 heavy (non-hydrogen) atoms. The molecule has 0 heterocycles. The van der Waals surface area contributed by atoms with Crippen molar-refractivity contribution in [2.45, 2.75) is 136 Å². The fourth-order valence-electron chi connectivity index (χ4n) is 5.09. The monoisotopic (exact) mass is 714 g/mol.